The third kappa shape index (κ3) is 7.58. The molecule has 1 aromatic rings. The molecule has 25 heavy (non-hydrogen) atoms. The number of benzene rings is 1. The van der Waals surface area contributed by atoms with Crippen LogP contribution in [0.5, 0.6) is 11.5 Å². The van der Waals surface area contributed by atoms with E-state index in [9.17, 15) is 0 Å². The topological polar surface area (TPSA) is 64.6 Å². The Morgan fingerprint density at radius 2 is 1.28 bits per heavy atom. The van der Waals surface area contributed by atoms with Crippen LogP contribution in [0.15, 0.2) is 24.3 Å². The van der Waals surface area contributed by atoms with Crippen molar-refractivity contribution in [1.82, 2.24) is 0 Å². The molecule has 0 bridgehead atoms. The summed E-state index contributed by atoms with van der Waals surface area (Å²) in [5.74, 6) is 0.272. The first-order valence-corrected chi connectivity index (χ1v) is 8.50. The first-order chi connectivity index (χ1) is 12.2. The molecule has 1 unspecified atom stereocenters. The maximum atomic E-state index is 6.06. The van der Waals surface area contributed by atoms with Crippen molar-refractivity contribution in [3.63, 3.8) is 0 Å². The third-order valence-corrected chi connectivity index (χ3v) is 3.51. The Balaban J connectivity index is 1.96. The summed E-state index contributed by atoms with van der Waals surface area (Å²) in [5, 5.41) is 0. The van der Waals surface area contributed by atoms with E-state index in [1.807, 2.05) is 31.2 Å². The fourth-order valence-electron chi connectivity index (χ4n) is 2.27. The zero-order valence-electron chi connectivity index (χ0n) is 15.0. The average molecular weight is 356 g/mol. The van der Waals surface area contributed by atoms with E-state index in [4.69, 9.17) is 33.2 Å². The van der Waals surface area contributed by atoms with Crippen LogP contribution in [-0.2, 0) is 23.7 Å². The highest BCUT2D eigenvalue weighted by Crippen LogP contribution is 2.30. The van der Waals surface area contributed by atoms with Gasteiger partial charge in [-0.25, -0.2) is 0 Å². The summed E-state index contributed by atoms with van der Waals surface area (Å²) in [6, 6.07) is 7.43. The molecule has 0 spiro atoms. The minimum Gasteiger partial charge on any atom is -0.493 e. The molecule has 1 atom stereocenters. The standard InChI is InChI=1S/C18H28O7/c1-18(25-17-6-4-3-5-16(17)19-2)15-23-12-11-21-8-7-20-9-10-22-13-14-24-18/h3-6H,7-15H2,1-2H3. The number of para-hydroxylation sites is 2. The molecule has 2 rings (SSSR count). The molecule has 1 aliphatic rings. The summed E-state index contributed by atoms with van der Waals surface area (Å²) in [6.45, 7) is 6.00. The highest BCUT2D eigenvalue weighted by molar-refractivity contribution is 5.39. The molecule has 0 radical (unpaired) electrons. The number of rotatable bonds is 3. The smallest absolute Gasteiger partial charge is 0.231 e. The maximum Gasteiger partial charge on any atom is 0.231 e. The molecule has 1 saturated heterocycles. The van der Waals surface area contributed by atoms with Crippen LogP contribution in [-0.4, -0.2) is 72.4 Å². The first kappa shape index (κ1) is 19.9. The van der Waals surface area contributed by atoms with Gasteiger partial charge in [0.1, 0.15) is 6.61 Å². The van der Waals surface area contributed by atoms with Crippen LogP contribution in [0.25, 0.3) is 0 Å². The quantitative estimate of drug-likeness (QED) is 0.819. The van der Waals surface area contributed by atoms with E-state index in [0.717, 1.165) is 0 Å². The van der Waals surface area contributed by atoms with Crippen molar-refractivity contribution in [3.05, 3.63) is 24.3 Å². The van der Waals surface area contributed by atoms with Crippen LogP contribution in [0.1, 0.15) is 6.92 Å². The van der Waals surface area contributed by atoms with Crippen LogP contribution in [0, 0.1) is 0 Å². The average Bonchev–Trinajstić information content (AvgIpc) is 2.62. The zero-order chi connectivity index (χ0) is 17.8. The second-order valence-corrected chi connectivity index (χ2v) is 5.62. The van der Waals surface area contributed by atoms with Gasteiger partial charge in [0.05, 0.1) is 60.0 Å². The van der Waals surface area contributed by atoms with E-state index < -0.39 is 5.79 Å². The molecule has 0 saturated carbocycles. The molecule has 0 amide bonds. The zero-order valence-corrected chi connectivity index (χ0v) is 15.0. The van der Waals surface area contributed by atoms with Gasteiger partial charge < -0.3 is 33.2 Å². The molecule has 0 aromatic heterocycles. The number of hydrogen-bond donors (Lipinski definition) is 0. The minimum absolute atomic E-state index is 0.255. The lowest BCUT2D eigenvalue weighted by molar-refractivity contribution is -0.209. The highest BCUT2D eigenvalue weighted by Gasteiger charge is 2.29. The van der Waals surface area contributed by atoms with Gasteiger partial charge in [-0.1, -0.05) is 12.1 Å². The summed E-state index contributed by atoms with van der Waals surface area (Å²) in [4.78, 5) is 0. The fourth-order valence-corrected chi connectivity index (χ4v) is 2.27. The van der Waals surface area contributed by atoms with Gasteiger partial charge in [-0.3, -0.25) is 0 Å². The van der Waals surface area contributed by atoms with Crippen molar-refractivity contribution in [2.24, 2.45) is 0 Å². The van der Waals surface area contributed by atoms with Crippen LogP contribution in [0.4, 0.5) is 0 Å². The van der Waals surface area contributed by atoms with Gasteiger partial charge in [0, 0.05) is 6.92 Å². The second kappa shape index (κ2) is 11.3. The summed E-state index contributed by atoms with van der Waals surface area (Å²) in [6.07, 6.45) is 0. The van der Waals surface area contributed by atoms with Gasteiger partial charge in [-0.15, -0.1) is 0 Å². The highest BCUT2D eigenvalue weighted by atomic mass is 16.7. The lowest BCUT2D eigenvalue weighted by atomic mass is 10.3. The molecule has 1 aromatic carbocycles. The van der Waals surface area contributed by atoms with E-state index in [2.05, 4.69) is 0 Å². The van der Waals surface area contributed by atoms with E-state index in [-0.39, 0.29) is 6.61 Å². The van der Waals surface area contributed by atoms with Crippen molar-refractivity contribution in [2.75, 3.05) is 66.6 Å². The molecular formula is C18H28O7. The number of ether oxygens (including phenoxy) is 7. The van der Waals surface area contributed by atoms with Crippen molar-refractivity contribution in [2.45, 2.75) is 12.7 Å². The van der Waals surface area contributed by atoms with E-state index >= 15 is 0 Å². The first-order valence-electron chi connectivity index (χ1n) is 8.50. The molecule has 1 fully saturated rings. The van der Waals surface area contributed by atoms with Crippen LogP contribution in [0.2, 0.25) is 0 Å². The Hall–Kier alpha value is -1.38. The van der Waals surface area contributed by atoms with Gasteiger partial charge in [0.2, 0.25) is 5.79 Å². The maximum absolute atomic E-state index is 6.06. The number of methoxy groups -OCH3 is 1. The van der Waals surface area contributed by atoms with Gasteiger partial charge in [-0.05, 0) is 12.1 Å². The van der Waals surface area contributed by atoms with Crippen molar-refractivity contribution < 1.29 is 33.2 Å². The van der Waals surface area contributed by atoms with Crippen LogP contribution < -0.4 is 9.47 Å². The van der Waals surface area contributed by atoms with Gasteiger partial charge in [-0.2, -0.15) is 0 Å². The normalized spacial score (nSPS) is 24.7. The number of hydrogen-bond acceptors (Lipinski definition) is 7. The minimum atomic E-state index is -0.964. The molecule has 7 nitrogen and oxygen atoms in total. The molecule has 142 valence electrons. The monoisotopic (exact) mass is 356 g/mol. The third-order valence-electron chi connectivity index (χ3n) is 3.51. The Kier molecular flexibility index (Phi) is 8.99. The van der Waals surface area contributed by atoms with E-state index in [1.54, 1.807) is 7.11 Å². The van der Waals surface area contributed by atoms with Gasteiger partial charge >= 0.3 is 0 Å². The Morgan fingerprint density at radius 1 is 0.760 bits per heavy atom. The fraction of sp³-hybridized carbons (Fsp3) is 0.667. The van der Waals surface area contributed by atoms with Crippen LogP contribution in [0.3, 0.4) is 0 Å². The lowest BCUT2D eigenvalue weighted by Crippen LogP contribution is -2.42. The lowest BCUT2D eigenvalue weighted by Gasteiger charge is -2.31. The Morgan fingerprint density at radius 3 is 1.88 bits per heavy atom. The Bertz CT molecular complexity index is 464. The molecule has 7 heteroatoms. The molecule has 1 heterocycles. The summed E-state index contributed by atoms with van der Waals surface area (Å²) < 4.78 is 39.3. The van der Waals surface area contributed by atoms with Crippen LogP contribution >= 0.6 is 0 Å². The van der Waals surface area contributed by atoms with E-state index in [1.165, 1.54) is 0 Å². The summed E-state index contributed by atoms with van der Waals surface area (Å²) >= 11 is 0. The van der Waals surface area contributed by atoms with Gasteiger partial charge in [0.15, 0.2) is 11.5 Å². The van der Waals surface area contributed by atoms with Crippen molar-refractivity contribution in [1.29, 1.82) is 0 Å². The predicted molar refractivity (Wildman–Crippen MR) is 91.3 cm³/mol. The molecular weight excluding hydrogens is 328 g/mol. The SMILES string of the molecule is COc1ccccc1OC1(C)COCCOCCOCCOCCO1. The molecule has 0 N–H and O–H groups in total. The summed E-state index contributed by atoms with van der Waals surface area (Å²) in [7, 11) is 1.60. The second-order valence-electron chi connectivity index (χ2n) is 5.62. The summed E-state index contributed by atoms with van der Waals surface area (Å²) in [5.41, 5.74) is 0. The molecule has 0 aliphatic carbocycles. The van der Waals surface area contributed by atoms with Crippen molar-refractivity contribution >= 4 is 0 Å². The predicted octanol–water partition coefficient (Wildman–Crippen LogP) is 1.89. The van der Waals surface area contributed by atoms with Gasteiger partial charge in [0.25, 0.3) is 0 Å². The van der Waals surface area contributed by atoms with Crippen molar-refractivity contribution in [3.8, 4) is 11.5 Å². The van der Waals surface area contributed by atoms with E-state index in [0.29, 0.717) is 64.4 Å². The largest absolute Gasteiger partial charge is 0.493 e. The Labute approximate surface area is 149 Å². The molecule has 1 aliphatic heterocycles.